The molecular formula is C17H38N2. The van der Waals surface area contributed by atoms with Crippen LogP contribution in [0.25, 0.3) is 0 Å². The van der Waals surface area contributed by atoms with E-state index in [0.29, 0.717) is 17.0 Å². The summed E-state index contributed by atoms with van der Waals surface area (Å²) < 4.78 is 0. The SMILES string of the molecule is CCCC(C)(C(C)C)N(C)CCC(C)(CC)N(C)C. The Balaban J connectivity index is 4.70. The van der Waals surface area contributed by atoms with Crippen LogP contribution in [0.15, 0.2) is 0 Å². The van der Waals surface area contributed by atoms with Gasteiger partial charge in [-0.25, -0.2) is 0 Å². The van der Waals surface area contributed by atoms with E-state index >= 15 is 0 Å². The number of nitrogens with zero attached hydrogens (tertiary/aromatic N) is 2. The first-order chi connectivity index (χ1) is 8.64. The van der Waals surface area contributed by atoms with Crippen LogP contribution in [-0.2, 0) is 0 Å². The molecule has 0 amide bonds. The predicted octanol–water partition coefficient (Wildman–Crippen LogP) is 4.25. The van der Waals surface area contributed by atoms with Crippen molar-refractivity contribution in [3.05, 3.63) is 0 Å². The Labute approximate surface area is 122 Å². The summed E-state index contributed by atoms with van der Waals surface area (Å²) in [6, 6.07) is 0. The van der Waals surface area contributed by atoms with Gasteiger partial charge in [0.15, 0.2) is 0 Å². The van der Waals surface area contributed by atoms with Crippen LogP contribution in [0.4, 0.5) is 0 Å². The lowest BCUT2D eigenvalue weighted by atomic mass is 9.82. The molecule has 116 valence electrons. The quantitative estimate of drug-likeness (QED) is 0.618. The van der Waals surface area contributed by atoms with Gasteiger partial charge in [0.05, 0.1) is 0 Å². The summed E-state index contributed by atoms with van der Waals surface area (Å²) in [6.45, 7) is 15.3. The normalized spacial score (nSPS) is 18.9. The molecule has 0 fully saturated rings. The largest absolute Gasteiger partial charge is 0.304 e. The van der Waals surface area contributed by atoms with Gasteiger partial charge in [-0.05, 0) is 60.2 Å². The minimum atomic E-state index is 0.318. The molecule has 0 aliphatic rings. The minimum Gasteiger partial charge on any atom is -0.304 e. The van der Waals surface area contributed by atoms with E-state index in [9.17, 15) is 0 Å². The van der Waals surface area contributed by atoms with Gasteiger partial charge in [0.2, 0.25) is 0 Å². The second kappa shape index (κ2) is 7.64. The van der Waals surface area contributed by atoms with E-state index in [1.54, 1.807) is 0 Å². The van der Waals surface area contributed by atoms with Crippen molar-refractivity contribution in [3.8, 4) is 0 Å². The highest BCUT2D eigenvalue weighted by Gasteiger charge is 2.33. The van der Waals surface area contributed by atoms with Crippen LogP contribution >= 0.6 is 0 Å². The molecule has 0 spiro atoms. The van der Waals surface area contributed by atoms with E-state index in [1.807, 2.05) is 0 Å². The van der Waals surface area contributed by atoms with E-state index in [4.69, 9.17) is 0 Å². The van der Waals surface area contributed by atoms with Crippen LogP contribution in [0.5, 0.6) is 0 Å². The van der Waals surface area contributed by atoms with Crippen LogP contribution in [0.2, 0.25) is 0 Å². The fraction of sp³-hybridized carbons (Fsp3) is 1.00. The fourth-order valence-electron chi connectivity index (χ4n) is 2.81. The van der Waals surface area contributed by atoms with Crippen molar-refractivity contribution in [2.45, 2.75) is 78.3 Å². The molecule has 0 saturated heterocycles. The highest BCUT2D eigenvalue weighted by molar-refractivity contribution is 4.90. The third kappa shape index (κ3) is 4.75. The third-order valence-corrected chi connectivity index (χ3v) is 5.70. The van der Waals surface area contributed by atoms with Crippen LogP contribution < -0.4 is 0 Å². The van der Waals surface area contributed by atoms with E-state index in [-0.39, 0.29) is 0 Å². The molecule has 0 bridgehead atoms. The lowest BCUT2D eigenvalue weighted by Crippen LogP contribution is -2.51. The summed E-state index contributed by atoms with van der Waals surface area (Å²) in [5, 5.41) is 0. The molecule has 0 aromatic heterocycles. The van der Waals surface area contributed by atoms with Crippen molar-refractivity contribution >= 4 is 0 Å². The summed E-state index contributed by atoms with van der Waals surface area (Å²) in [5.74, 6) is 0.699. The summed E-state index contributed by atoms with van der Waals surface area (Å²) in [7, 11) is 6.72. The topological polar surface area (TPSA) is 6.48 Å². The van der Waals surface area contributed by atoms with E-state index in [0.717, 1.165) is 0 Å². The molecule has 0 aliphatic carbocycles. The van der Waals surface area contributed by atoms with Gasteiger partial charge in [-0.2, -0.15) is 0 Å². The zero-order valence-electron chi connectivity index (χ0n) is 15.0. The summed E-state index contributed by atoms with van der Waals surface area (Å²) in [4.78, 5) is 4.98. The van der Waals surface area contributed by atoms with Crippen LogP contribution in [0.1, 0.15) is 67.2 Å². The third-order valence-electron chi connectivity index (χ3n) is 5.70. The molecule has 0 aromatic carbocycles. The number of hydrogen-bond donors (Lipinski definition) is 0. The first-order valence-electron chi connectivity index (χ1n) is 8.02. The molecular weight excluding hydrogens is 232 g/mol. The maximum Gasteiger partial charge on any atom is 0.0201 e. The Morgan fingerprint density at radius 3 is 1.79 bits per heavy atom. The van der Waals surface area contributed by atoms with Crippen molar-refractivity contribution in [1.29, 1.82) is 0 Å². The monoisotopic (exact) mass is 270 g/mol. The molecule has 2 heteroatoms. The average Bonchev–Trinajstić information content (AvgIpc) is 2.34. The molecule has 0 N–H and O–H groups in total. The number of hydrogen-bond acceptors (Lipinski definition) is 2. The molecule has 0 heterocycles. The Morgan fingerprint density at radius 2 is 1.47 bits per heavy atom. The highest BCUT2D eigenvalue weighted by atomic mass is 15.2. The maximum atomic E-state index is 2.60. The van der Waals surface area contributed by atoms with Gasteiger partial charge in [0, 0.05) is 17.6 Å². The lowest BCUT2D eigenvalue weighted by molar-refractivity contribution is 0.0528. The average molecular weight is 271 g/mol. The van der Waals surface area contributed by atoms with Crippen molar-refractivity contribution in [2.24, 2.45) is 5.92 Å². The van der Waals surface area contributed by atoms with E-state index in [1.165, 1.54) is 32.2 Å². The maximum absolute atomic E-state index is 2.60. The molecule has 19 heavy (non-hydrogen) atoms. The molecule has 0 aliphatic heterocycles. The van der Waals surface area contributed by atoms with Gasteiger partial charge in [0.25, 0.3) is 0 Å². The van der Waals surface area contributed by atoms with Gasteiger partial charge in [-0.3, -0.25) is 0 Å². The first kappa shape index (κ1) is 18.9. The Bertz CT molecular complexity index is 250. The van der Waals surface area contributed by atoms with Crippen LogP contribution in [0.3, 0.4) is 0 Å². The zero-order chi connectivity index (χ0) is 15.3. The van der Waals surface area contributed by atoms with Gasteiger partial charge in [-0.15, -0.1) is 0 Å². The standard InChI is InChI=1S/C17H38N2/c1-10-12-17(6,15(3)4)19(9)14-13-16(5,11-2)18(7)8/h15H,10-14H2,1-9H3. The number of rotatable bonds is 9. The molecule has 0 saturated carbocycles. The summed E-state index contributed by atoms with van der Waals surface area (Å²) in [5.41, 5.74) is 0.647. The van der Waals surface area contributed by atoms with Gasteiger partial charge in [0.1, 0.15) is 0 Å². The Kier molecular flexibility index (Phi) is 7.60. The minimum absolute atomic E-state index is 0.318. The highest BCUT2D eigenvalue weighted by Crippen LogP contribution is 2.30. The second-order valence-corrected chi connectivity index (χ2v) is 7.18. The molecule has 0 aromatic rings. The van der Waals surface area contributed by atoms with Crippen LogP contribution in [0, 0.1) is 5.92 Å². The van der Waals surface area contributed by atoms with Crippen molar-refractivity contribution in [2.75, 3.05) is 27.7 Å². The van der Waals surface area contributed by atoms with Gasteiger partial charge < -0.3 is 9.80 Å². The van der Waals surface area contributed by atoms with Crippen molar-refractivity contribution < 1.29 is 0 Å². The molecule has 0 rings (SSSR count). The van der Waals surface area contributed by atoms with Crippen molar-refractivity contribution in [3.63, 3.8) is 0 Å². The molecule has 2 nitrogen and oxygen atoms in total. The van der Waals surface area contributed by atoms with Crippen molar-refractivity contribution in [1.82, 2.24) is 9.80 Å². The lowest BCUT2D eigenvalue weighted by Gasteiger charge is -2.45. The Hall–Kier alpha value is -0.0800. The van der Waals surface area contributed by atoms with Gasteiger partial charge >= 0.3 is 0 Å². The molecule has 2 unspecified atom stereocenters. The van der Waals surface area contributed by atoms with Gasteiger partial charge in [-0.1, -0.05) is 34.1 Å². The predicted molar refractivity (Wildman–Crippen MR) is 87.8 cm³/mol. The molecule has 0 radical (unpaired) electrons. The van der Waals surface area contributed by atoms with Crippen LogP contribution in [-0.4, -0.2) is 48.6 Å². The fourth-order valence-corrected chi connectivity index (χ4v) is 2.81. The summed E-state index contributed by atoms with van der Waals surface area (Å²) >= 11 is 0. The smallest absolute Gasteiger partial charge is 0.0201 e. The Morgan fingerprint density at radius 1 is 0.947 bits per heavy atom. The second-order valence-electron chi connectivity index (χ2n) is 7.18. The van der Waals surface area contributed by atoms with E-state index in [2.05, 4.69) is 72.5 Å². The zero-order valence-corrected chi connectivity index (χ0v) is 15.0. The molecule has 2 atom stereocenters. The first-order valence-corrected chi connectivity index (χ1v) is 8.02. The summed E-state index contributed by atoms with van der Waals surface area (Å²) in [6.07, 6.45) is 4.99. The van der Waals surface area contributed by atoms with E-state index < -0.39 is 0 Å².